The molecule has 2 atom stereocenters. The minimum Gasteiger partial charge on any atom is -0.383 e. The molecule has 3 aromatic heterocycles. The van der Waals surface area contributed by atoms with E-state index in [1.165, 1.54) is 12.1 Å². The van der Waals surface area contributed by atoms with Crippen LogP contribution in [-0.2, 0) is 16.6 Å². The minimum absolute atomic E-state index is 0.343. The molecule has 2 aromatic carbocycles. The molecule has 1 aliphatic rings. The largest absolute Gasteiger partial charge is 0.383 e. The van der Waals surface area contributed by atoms with Gasteiger partial charge in [-0.2, -0.15) is 10.2 Å². The fraction of sp³-hybridized carbons (Fsp3) is 0.276. The molecule has 0 saturated carbocycles. The maximum absolute atomic E-state index is 13.6. The summed E-state index contributed by atoms with van der Waals surface area (Å²) in [6.45, 7) is 3.29. The summed E-state index contributed by atoms with van der Waals surface area (Å²) >= 11 is 0. The van der Waals surface area contributed by atoms with E-state index in [1.807, 2.05) is 43.3 Å². The zero-order chi connectivity index (χ0) is 29.2. The van der Waals surface area contributed by atoms with Gasteiger partial charge in [-0.05, 0) is 42.8 Å². The number of hydrogen-bond acceptors (Lipinski definition) is 8. The lowest BCUT2D eigenvalue weighted by atomic mass is 10.0. The average molecular weight is 572 g/mol. The normalized spacial score (nSPS) is 17.1. The number of halogens is 1. The quantitative estimate of drug-likeness (QED) is 0.288. The van der Waals surface area contributed by atoms with E-state index in [1.54, 1.807) is 46.9 Å². The van der Waals surface area contributed by atoms with Gasteiger partial charge in [0.05, 0.1) is 24.0 Å². The van der Waals surface area contributed by atoms with E-state index in [9.17, 15) is 9.18 Å². The number of nitrogens with one attached hydrogen (secondary N) is 2. The Morgan fingerprint density at radius 3 is 2.71 bits per heavy atom. The number of para-hydroxylation sites is 1. The standard InChI is InChI=1S/C29H30FN9O3/c1-18-25(20-15-23-28(31-16-20)37(2)36-34-23)35-39(22-7-5-4-6-8-22)27(18)33-29(40)32-24-17-38(13-14-41-3)42-26(24)19-9-11-21(30)12-10-19/h4-12,15-16,24,26H,13-14,17H2,1-3H3,(H2,32,33,40)/t24-,26+/m1/s1. The molecule has 1 fully saturated rings. The van der Waals surface area contributed by atoms with Gasteiger partial charge in [-0.25, -0.2) is 23.5 Å². The van der Waals surface area contributed by atoms with Gasteiger partial charge >= 0.3 is 6.03 Å². The number of hydroxylamine groups is 2. The molecule has 2 N–H and O–H groups in total. The number of methoxy groups -OCH3 is 1. The van der Waals surface area contributed by atoms with Crippen molar-refractivity contribution in [3.05, 3.63) is 83.8 Å². The molecule has 0 bridgehead atoms. The average Bonchev–Trinajstić information content (AvgIpc) is 3.68. The maximum atomic E-state index is 13.6. The Labute approximate surface area is 241 Å². The molecule has 42 heavy (non-hydrogen) atoms. The molecule has 0 spiro atoms. The highest BCUT2D eigenvalue weighted by Gasteiger charge is 2.36. The predicted molar refractivity (Wildman–Crippen MR) is 153 cm³/mol. The van der Waals surface area contributed by atoms with E-state index in [-0.39, 0.29) is 5.82 Å². The van der Waals surface area contributed by atoms with E-state index >= 15 is 0 Å². The van der Waals surface area contributed by atoms with Crippen molar-refractivity contribution in [3.8, 4) is 16.9 Å². The van der Waals surface area contributed by atoms with Crippen LogP contribution in [0.4, 0.5) is 15.0 Å². The van der Waals surface area contributed by atoms with Crippen LogP contribution in [0, 0.1) is 12.7 Å². The topological polar surface area (TPSA) is 124 Å². The number of aryl methyl sites for hydroxylation is 1. The van der Waals surface area contributed by atoms with Gasteiger partial charge in [-0.1, -0.05) is 35.5 Å². The van der Waals surface area contributed by atoms with Crippen LogP contribution >= 0.6 is 0 Å². The number of anilines is 1. The molecule has 0 radical (unpaired) electrons. The smallest absolute Gasteiger partial charge is 0.320 e. The number of hydrogen-bond donors (Lipinski definition) is 2. The Morgan fingerprint density at radius 1 is 1.17 bits per heavy atom. The van der Waals surface area contributed by atoms with Crippen molar-refractivity contribution >= 4 is 23.0 Å². The molecular formula is C29H30FN9O3. The summed E-state index contributed by atoms with van der Waals surface area (Å²) in [5.74, 6) is 0.158. The summed E-state index contributed by atoms with van der Waals surface area (Å²) in [5.41, 5.74) is 4.96. The van der Waals surface area contributed by atoms with Gasteiger partial charge in [0.15, 0.2) is 5.65 Å². The number of nitrogens with zero attached hydrogens (tertiary/aromatic N) is 7. The highest BCUT2D eigenvalue weighted by atomic mass is 19.1. The summed E-state index contributed by atoms with van der Waals surface area (Å²) in [5, 5.41) is 20.9. The maximum Gasteiger partial charge on any atom is 0.320 e. The molecule has 1 saturated heterocycles. The van der Waals surface area contributed by atoms with Crippen molar-refractivity contribution in [2.24, 2.45) is 7.05 Å². The van der Waals surface area contributed by atoms with Crippen molar-refractivity contribution < 1.29 is 18.8 Å². The van der Waals surface area contributed by atoms with Crippen LogP contribution in [0.3, 0.4) is 0 Å². The number of urea groups is 1. The number of rotatable bonds is 8. The number of aromatic nitrogens is 6. The fourth-order valence-electron chi connectivity index (χ4n) is 5.04. The summed E-state index contributed by atoms with van der Waals surface area (Å²) in [6, 6.07) is 16.7. The van der Waals surface area contributed by atoms with Crippen LogP contribution in [-0.4, -0.2) is 73.7 Å². The minimum atomic E-state index is -0.506. The molecule has 0 aliphatic carbocycles. The third-order valence-corrected chi connectivity index (χ3v) is 7.16. The van der Waals surface area contributed by atoms with Gasteiger partial charge in [-0.3, -0.25) is 10.2 Å². The Kier molecular flexibility index (Phi) is 7.61. The third-order valence-electron chi connectivity index (χ3n) is 7.16. The van der Waals surface area contributed by atoms with Gasteiger partial charge in [0.25, 0.3) is 0 Å². The number of carbonyl (C=O) groups is 1. The van der Waals surface area contributed by atoms with Gasteiger partial charge in [-0.15, -0.1) is 5.10 Å². The monoisotopic (exact) mass is 571 g/mol. The van der Waals surface area contributed by atoms with Crippen molar-refractivity contribution in [2.75, 3.05) is 32.1 Å². The first-order valence-corrected chi connectivity index (χ1v) is 13.5. The van der Waals surface area contributed by atoms with E-state index in [4.69, 9.17) is 14.7 Å². The Bertz CT molecular complexity index is 1710. The van der Waals surface area contributed by atoms with Crippen LogP contribution in [0.2, 0.25) is 0 Å². The van der Waals surface area contributed by atoms with Gasteiger partial charge in [0.1, 0.15) is 23.3 Å². The molecular weight excluding hydrogens is 541 g/mol. The van der Waals surface area contributed by atoms with Crippen LogP contribution in [0.25, 0.3) is 28.1 Å². The van der Waals surface area contributed by atoms with Crippen LogP contribution in [0.5, 0.6) is 0 Å². The van der Waals surface area contributed by atoms with Crippen LogP contribution < -0.4 is 10.6 Å². The molecule has 0 unspecified atom stereocenters. The first kappa shape index (κ1) is 27.4. The molecule has 6 rings (SSSR count). The van der Waals surface area contributed by atoms with Gasteiger partial charge in [0.2, 0.25) is 0 Å². The number of benzene rings is 2. The van der Waals surface area contributed by atoms with Gasteiger partial charge < -0.3 is 10.1 Å². The van der Waals surface area contributed by atoms with E-state index in [0.717, 1.165) is 22.4 Å². The fourth-order valence-corrected chi connectivity index (χ4v) is 5.04. The molecule has 2 amide bonds. The molecule has 216 valence electrons. The lowest BCUT2D eigenvalue weighted by Gasteiger charge is -2.19. The van der Waals surface area contributed by atoms with E-state index in [2.05, 4.69) is 25.9 Å². The van der Waals surface area contributed by atoms with Gasteiger partial charge in [0, 0.05) is 44.6 Å². The first-order chi connectivity index (χ1) is 20.4. The van der Waals surface area contributed by atoms with Crippen molar-refractivity contribution in [3.63, 3.8) is 0 Å². The first-order valence-electron chi connectivity index (χ1n) is 13.5. The molecule has 5 aromatic rings. The molecule has 4 heterocycles. The van der Waals surface area contributed by atoms with Crippen molar-refractivity contribution in [1.82, 2.24) is 40.1 Å². The predicted octanol–water partition coefficient (Wildman–Crippen LogP) is 3.79. The van der Waals surface area contributed by atoms with E-state index < -0.39 is 18.2 Å². The van der Waals surface area contributed by atoms with Crippen LogP contribution in [0.15, 0.2) is 66.9 Å². The number of ether oxygens (including phenoxy) is 1. The lowest BCUT2D eigenvalue weighted by Crippen LogP contribution is -2.42. The number of amides is 2. The molecule has 12 nitrogen and oxygen atoms in total. The second-order valence-corrected chi connectivity index (χ2v) is 10.0. The molecule has 13 heteroatoms. The number of carbonyl (C=O) groups excluding carboxylic acids is 1. The van der Waals surface area contributed by atoms with E-state index in [0.29, 0.717) is 42.4 Å². The Balaban J connectivity index is 1.30. The summed E-state index contributed by atoms with van der Waals surface area (Å²) < 4.78 is 22.1. The van der Waals surface area contributed by atoms with Crippen molar-refractivity contribution in [2.45, 2.75) is 19.1 Å². The highest BCUT2D eigenvalue weighted by Crippen LogP contribution is 2.32. The summed E-state index contributed by atoms with van der Waals surface area (Å²) in [7, 11) is 3.40. The lowest BCUT2D eigenvalue weighted by molar-refractivity contribution is -0.154. The molecule has 1 aliphatic heterocycles. The SMILES string of the molecule is COCCN1C[C@@H](NC(=O)Nc2c(C)c(-c3cnc4c(c3)nnn4C)nn2-c2ccccc2)[C@H](c2ccc(F)cc2)O1. The number of pyridine rings is 1. The highest BCUT2D eigenvalue weighted by molar-refractivity contribution is 5.91. The number of fused-ring (bicyclic) bond motifs is 1. The van der Waals surface area contributed by atoms with Crippen molar-refractivity contribution in [1.29, 1.82) is 0 Å². The summed E-state index contributed by atoms with van der Waals surface area (Å²) in [4.78, 5) is 24.2. The third kappa shape index (κ3) is 5.44. The Hall–Kier alpha value is -4.72. The zero-order valence-electron chi connectivity index (χ0n) is 23.4. The zero-order valence-corrected chi connectivity index (χ0v) is 23.4. The second-order valence-electron chi connectivity index (χ2n) is 10.0. The summed E-state index contributed by atoms with van der Waals surface area (Å²) in [6.07, 6.45) is 1.21. The Morgan fingerprint density at radius 2 is 1.95 bits per heavy atom. The second kappa shape index (κ2) is 11.6. The van der Waals surface area contributed by atoms with Crippen LogP contribution in [0.1, 0.15) is 17.2 Å².